The topological polar surface area (TPSA) is 95.8 Å². The number of rotatable bonds is 6. The number of pyridine rings is 1. The fraction of sp³-hybridized carbons (Fsp3) is 0.150. The van der Waals surface area contributed by atoms with E-state index in [0.717, 1.165) is 24.2 Å². The molecule has 0 radical (unpaired) electrons. The monoisotopic (exact) mass is 361 g/mol. The number of aromatic amines is 1. The third kappa shape index (κ3) is 3.82. The Kier molecular flexibility index (Phi) is 4.57. The molecule has 0 unspecified atom stereocenters. The zero-order chi connectivity index (χ0) is 18.6. The highest BCUT2D eigenvalue weighted by Crippen LogP contribution is 2.18. The van der Waals surface area contributed by atoms with Crippen LogP contribution >= 0.6 is 0 Å². The molecule has 0 saturated heterocycles. The van der Waals surface area contributed by atoms with Crippen molar-refractivity contribution in [3.8, 4) is 0 Å². The van der Waals surface area contributed by atoms with Crippen molar-refractivity contribution in [1.29, 1.82) is 0 Å². The van der Waals surface area contributed by atoms with Crippen LogP contribution in [-0.4, -0.2) is 27.6 Å². The summed E-state index contributed by atoms with van der Waals surface area (Å²) in [6.45, 7) is 2.53. The minimum absolute atomic E-state index is 0.317. The summed E-state index contributed by atoms with van der Waals surface area (Å²) < 4.78 is 4.92. The van der Waals surface area contributed by atoms with Gasteiger partial charge in [0.15, 0.2) is 5.82 Å². The van der Waals surface area contributed by atoms with Gasteiger partial charge in [-0.2, -0.15) is 0 Å². The van der Waals surface area contributed by atoms with Crippen LogP contribution in [0.3, 0.4) is 0 Å². The summed E-state index contributed by atoms with van der Waals surface area (Å²) in [6, 6.07) is 13.4. The number of carbonyl (C=O) groups is 1. The van der Waals surface area contributed by atoms with Crippen LogP contribution in [0, 0.1) is 6.92 Å². The largest absolute Gasteiger partial charge is 0.383 e. The maximum atomic E-state index is 12.1. The number of nitrogens with zero attached hydrogens (tertiary/aromatic N) is 2. The molecule has 4 aromatic rings. The van der Waals surface area contributed by atoms with E-state index in [1.807, 2.05) is 24.4 Å². The molecular weight excluding hydrogens is 342 g/mol. The molecule has 1 amide bonds. The van der Waals surface area contributed by atoms with Gasteiger partial charge in [0, 0.05) is 29.7 Å². The van der Waals surface area contributed by atoms with E-state index in [9.17, 15) is 4.79 Å². The van der Waals surface area contributed by atoms with Crippen LogP contribution in [0.15, 0.2) is 59.4 Å². The summed E-state index contributed by atoms with van der Waals surface area (Å²) in [6.07, 6.45) is 4.58. The average Bonchev–Trinajstić information content (AvgIpc) is 3.28. The highest BCUT2D eigenvalue weighted by Gasteiger charge is 2.10. The summed E-state index contributed by atoms with van der Waals surface area (Å²) in [7, 11) is 0. The first-order chi connectivity index (χ1) is 13.2. The maximum Gasteiger partial charge on any atom is 0.275 e. The lowest BCUT2D eigenvalue weighted by molar-refractivity contribution is 0.102. The number of benzene rings is 1. The van der Waals surface area contributed by atoms with Crippen LogP contribution in [0.4, 0.5) is 11.5 Å². The quantitative estimate of drug-likeness (QED) is 0.486. The number of amides is 1. The zero-order valence-electron chi connectivity index (χ0n) is 14.8. The Labute approximate surface area is 155 Å². The molecule has 0 aliphatic rings. The lowest BCUT2D eigenvalue weighted by atomic mass is 10.1. The van der Waals surface area contributed by atoms with Crippen molar-refractivity contribution in [2.75, 3.05) is 17.2 Å². The average molecular weight is 361 g/mol. The van der Waals surface area contributed by atoms with Gasteiger partial charge in [-0.25, -0.2) is 4.98 Å². The lowest BCUT2D eigenvalue weighted by Gasteiger charge is -2.07. The SMILES string of the molecule is Cc1cc(NC(=O)c2ccc(NCCc3c[nH]c4ccccc34)cn2)no1. The fourth-order valence-electron chi connectivity index (χ4n) is 2.92. The third-order valence-corrected chi connectivity index (χ3v) is 4.26. The van der Waals surface area contributed by atoms with Gasteiger partial charge in [0.05, 0.1) is 11.9 Å². The number of fused-ring (bicyclic) bond motifs is 1. The molecule has 1 aromatic carbocycles. The molecular formula is C20H19N5O2. The molecule has 0 atom stereocenters. The van der Waals surface area contributed by atoms with Crippen molar-refractivity contribution in [2.45, 2.75) is 13.3 Å². The number of H-pyrrole nitrogens is 1. The van der Waals surface area contributed by atoms with Crippen molar-refractivity contribution < 1.29 is 9.32 Å². The van der Waals surface area contributed by atoms with Crippen molar-refractivity contribution >= 4 is 28.3 Å². The van der Waals surface area contributed by atoms with Crippen LogP contribution in [-0.2, 0) is 6.42 Å². The second-order valence-corrected chi connectivity index (χ2v) is 6.25. The normalized spacial score (nSPS) is 10.9. The van der Waals surface area contributed by atoms with Gasteiger partial charge < -0.3 is 20.1 Å². The van der Waals surface area contributed by atoms with E-state index in [2.05, 4.69) is 37.9 Å². The summed E-state index contributed by atoms with van der Waals surface area (Å²) in [5.74, 6) is 0.682. The first-order valence-corrected chi connectivity index (χ1v) is 8.68. The summed E-state index contributed by atoms with van der Waals surface area (Å²) in [5.41, 5.74) is 3.60. The summed E-state index contributed by atoms with van der Waals surface area (Å²) >= 11 is 0. The lowest BCUT2D eigenvalue weighted by Crippen LogP contribution is -2.14. The van der Waals surface area contributed by atoms with Gasteiger partial charge in [0.2, 0.25) is 0 Å². The molecule has 3 aromatic heterocycles. The Hall–Kier alpha value is -3.61. The van der Waals surface area contributed by atoms with E-state index in [-0.39, 0.29) is 5.91 Å². The summed E-state index contributed by atoms with van der Waals surface area (Å²) in [4.78, 5) is 19.6. The molecule has 0 saturated carbocycles. The molecule has 7 heteroatoms. The van der Waals surface area contributed by atoms with E-state index in [1.165, 1.54) is 10.9 Å². The van der Waals surface area contributed by atoms with E-state index in [0.29, 0.717) is 17.3 Å². The first kappa shape index (κ1) is 16.8. The van der Waals surface area contributed by atoms with Crippen molar-refractivity contribution in [1.82, 2.24) is 15.1 Å². The number of hydrogen-bond acceptors (Lipinski definition) is 5. The first-order valence-electron chi connectivity index (χ1n) is 8.68. The Bertz CT molecular complexity index is 1070. The van der Waals surface area contributed by atoms with Gasteiger partial charge in [-0.3, -0.25) is 4.79 Å². The van der Waals surface area contributed by atoms with Crippen molar-refractivity contribution in [3.05, 3.63) is 71.9 Å². The van der Waals surface area contributed by atoms with Gasteiger partial charge in [-0.05, 0) is 37.1 Å². The van der Waals surface area contributed by atoms with Gasteiger partial charge in [0.25, 0.3) is 5.91 Å². The van der Waals surface area contributed by atoms with Gasteiger partial charge >= 0.3 is 0 Å². The minimum atomic E-state index is -0.325. The predicted octanol–water partition coefficient (Wildman–Crippen LogP) is 3.77. The van der Waals surface area contributed by atoms with Gasteiger partial charge in [0.1, 0.15) is 11.5 Å². The minimum Gasteiger partial charge on any atom is -0.383 e. The molecule has 0 bridgehead atoms. The van der Waals surface area contributed by atoms with Crippen LogP contribution in [0.5, 0.6) is 0 Å². The smallest absolute Gasteiger partial charge is 0.275 e. The number of hydrogen-bond donors (Lipinski definition) is 3. The number of para-hydroxylation sites is 1. The van der Waals surface area contributed by atoms with E-state index in [1.54, 1.807) is 25.3 Å². The number of anilines is 2. The standard InChI is InChI=1S/C20H19N5O2/c1-13-10-19(25-27-13)24-20(26)18-7-6-15(12-23-18)21-9-8-14-11-22-17-5-3-2-4-16(14)17/h2-7,10-12,21-22H,8-9H2,1H3,(H,24,25,26). The van der Waals surface area contributed by atoms with E-state index < -0.39 is 0 Å². The highest BCUT2D eigenvalue weighted by atomic mass is 16.5. The van der Waals surface area contributed by atoms with Gasteiger partial charge in [-0.1, -0.05) is 23.4 Å². The van der Waals surface area contributed by atoms with Crippen LogP contribution in [0.2, 0.25) is 0 Å². The Balaban J connectivity index is 1.33. The van der Waals surface area contributed by atoms with Crippen molar-refractivity contribution in [2.24, 2.45) is 0 Å². The molecule has 3 heterocycles. The molecule has 0 spiro atoms. The molecule has 4 rings (SSSR count). The molecule has 7 nitrogen and oxygen atoms in total. The predicted molar refractivity (Wildman–Crippen MR) is 104 cm³/mol. The fourth-order valence-corrected chi connectivity index (χ4v) is 2.92. The van der Waals surface area contributed by atoms with E-state index in [4.69, 9.17) is 4.52 Å². The van der Waals surface area contributed by atoms with Gasteiger partial charge in [-0.15, -0.1) is 0 Å². The van der Waals surface area contributed by atoms with E-state index >= 15 is 0 Å². The zero-order valence-corrected chi connectivity index (χ0v) is 14.8. The second-order valence-electron chi connectivity index (χ2n) is 6.25. The number of aryl methyl sites for hydroxylation is 1. The molecule has 0 fully saturated rings. The van der Waals surface area contributed by atoms with Crippen molar-refractivity contribution in [3.63, 3.8) is 0 Å². The second kappa shape index (κ2) is 7.33. The molecule has 27 heavy (non-hydrogen) atoms. The Morgan fingerprint density at radius 1 is 1.22 bits per heavy atom. The molecule has 0 aliphatic heterocycles. The molecule has 0 aliphatic carbocycles. The van der Waals surface area contributed by atoms with Crippen LogP contribution < -0.4 is 10.6 Å². The third-order valence-electron chi connectivity index (χ3n) is 4.26. The Morgan fingerprint density at radius 3 is 2.89 bits per heavy atom. The number of nitrogens with one attached hydrogen (secondary N) is 3. The molecule has 3 N–H and O–H groups in total. The summed E-state index contributed by atoms with van der Waals surface area (Å²) in [5, 5.41) is 11.0. The Morgan fingerprint density at radius 2 is 2.11 bits per heavy atom. The maximum absolute atomic E-state index is 12.1. The molecule has 136 valence electrons. The van der Waals surface area contributed by atoms with Crippen LogP contribution in [0.25, 0.3) is 10.9 Å². The van der Waals surface area contributed by atoms with Crippen LogP contribution in [0.1, 0.15) is 21.8 Å². The number of aromatic nitrogens is 3. The highest BCUT2D eigenvalue weighted by molar-refractivity contribution is 6.02. The number of carbonyl (C=O) groups excluding carboxylic acids is 1.